The number of hydrogen-bond acceptors (Lipinski definition) is 5. The third kappa shape index (κ3) is 2.83. The standard InChI is InChI=1S/C18H20N6O2/c1-3-15-20-17(23-21-15)14-10-24(9-12-8-19-22-16(12)14)18(25)11-4-6-13(26-2)7-5-11/h4-8,14H,3,9-10H2,1-2H3,(H,19,22)(H,20,21,23). The van der Waals surface area contributed by atoms with Crippen LogP contribution in [0.3, 0.4) is 0 Å². The zero-order chi connectivity index (χ0) is 18.1. The van der Waals surface area contributed by atoms with Crippen molar-refractivity contribution in [2.75, 3.05) is 13.7 Å². The Morgan fingerprint density at radius 3 is 2.81 bits per heavy atom. The maximum absolute atomic E-state index is 13.0. The minimum Gasteiger partial charge on any atom is -0.497 e. The maximum atomic E-state index is 13.0. The number of methoxy groups -OCH3 is 1. The van der Waals surface area contributed by atoms with Crippen LogP contribution in [-0.2, 0) is 13.0 Å². The minimum absolute atomic E-state index is 0.0317. The summed E-state index contributed by atoms with van der Waals surface area (Å²) in [5, 5.41) is 14.5. The van der Waals surface area contributed by atoms with Crippen molar-refractivity contribution >= 4 is 5.91 Å². The van der Waals surface area contributed by atoms with Crippen LogP contribution < -0.4 is 4.74 Å². The predicted octanol–water partition coefficient (Wildman–Crippen LogP) is 1.89. The SMILES string of the molecule is CCc1nc(C2CN(C(=O)c3ccc(OC)cc3)Cc3cn[nH]c32)n[nH]1. The molecule has 3 aromatic rings. The van der Waals surface area contributed by atoms with Crippen molar-refractivity contribution in [3.8, 4) is 5.75 Å². The van der Waals surface area contributed by atoms with Gasteiger partial charge in [0.2, 0.25) is 0 Å². The van der Waals surface area contributed by atoms with Crippen LogP contribution in [0, 0.1) is 0 Å². The molecule has 1 aliphatic heterocycles. The highest BCUT2D eigenvalue weighted by Crippen LogP contribution is 2.31. The second kappa shape index (κ2) is 6.62. The van der Waals surface area contributed by atoms with Gasteiger partial charge < -0.3 is 9.64 Å². The van der Waals surface area contributed by atoms with Gasteiger partial charge in [-0.1, -0.05) is 6.92 Å². The molecule has 1 atom stereocenters. The summed E-state index contributed by atoms with van der Waals surface area (Å²) in [5.41, 5.74) is 2.59. The summed E-state index contributed by atoms with van der Waals surface area (Å²) in [4.78, 5) is 19.3. The van der Waals surface area contributed by atoms with E-state index in [0.29, 0.717) is 24.5 Å². The van der Waals surface area contributed by atoms with Gasteiger partial charge in [-0.25, -0.2) is 4.98 Å². The van der Waals surface area contributed by atoms with Gasteiger partial charge in [0, 0.05) is 30.6 Å². The average molecular weight is 352 g/mol. The summed E-state index contributed by atoms with van der Waals surface area (Å²) in [6.45, 7) is 3.03. The molecule has 2 aromatic heterocycles. The summed E-state index contributed by atoms with van der Waals surface area (Å²) in [7, 11) is 1.61. The first kappa shape index (κ1) is 16.3. The Labute approximate surface area is 150 Å². The van der Waals surface area contributed by atoms with Gasteiger partial charge in [0.05, 0.1) is 24.9 Å². The molecule has 2 N–H and O–H groups in total. The molecule has 0 saturated carbocycles. The summed E-state index contributed by atoms with van der Waals surface area (Å²) >= 11 is 0. The molecule has 3 heterocycles. The van der Waals surface area contributed by atoms with Crippen LogP contribution in [-0.4, -0.2) is 49.8 Å². The van der Waals surface area contributed by atoms with E-state index in [9.17, 15) is 4.79 Å². The van der Waals surface area contributed by atoms with Gasteiger partial charge in [0.25, 0.3) is 5.91 Å². The fourth-order valence-electron chi connectivity index (χ4n) is 3.24. The molecule has 134 valence electrons. The number of benzene rings is 1. The molecule has 1 aliphatic rings. The number of aromatic amines is 2. The maximum Gasteiger partial charge on any atom is 0.254 e. The molecular formula is C18H20N6O2. The van der Waals surface area contributed by atoms with Crippen LogP contribution in [0.5, 0.6) is 5.75 Å². The lowest BCUT2D eigenvalue weighted by molar-refractivity contribution is 0.0723. The molecule has 1 aromatic carbocycles. The lowest BCUT2D eigenvalue weighted by atomic mass is 9.95. The molecule has 1 unspecified atom stereocenters. The quantitative estimate of drug-likeness (QED) is 0.747. The number of carbonyl (C=O) groups excluding carboxylic acids is 1. The molecule has 26 heavy (non-hydrogen) atoms. The zero-order valence-electron chi connectivity index (χ0n) is 14.7. The highest BCUT2D eigenvalue weighted by atomic mass is 16.5. The molecule has 8 nitrogen and oxygen atoms in total. The summed E-state index contributed by atoms with van der Waals surface area (Å²) in [6, 6.07) is 7.15. The number of amides is 1. The largest absolute Gasteiger partial charge is 0.497 e. The summed E-state index contributed by atoms with van der Waals surface area (Å²) < 4.78 is 5.16. The zero-order valence-corrected chi connectivity index (χ0v) is 14.7. The normalized spacial score (nSPS) is 16.4. The number of H-pyrrole nitrogens is 2. The van der Waals surface area contributed by atoms with Crippen molar-refractivity contribution in [1.82, 2.24) is 30.3 Å². The number of aromatic nitrogens is 5. The van der Waals surface area contributed by atoms with Crippen molar-refractivity contribution in [2.24, 2.45) is 0 Å². The lowest BCUT2D eigenvalue weighted by Crippen LogP contribution is -2.38. The number of aryl methyl sites for hydroxylation is 1. The van der Waals surface area contributed by atoms with E-state index in [1.54, 1.807) is 37.6 Å². The second-order valence-electron chi connectivity index (χ2n) is 6.27. The molecule has 1 amide bonds. The number of hydrogen-bond donors (Lipinski definition) is 2. The van der Waals surface area contributed by atoms with Gasteiger partial charge >= 0.3 is 0 Å². The van der Waals surface area contributed by atoms with E-state index in [0.717, 1.165) is 29.3 Å². The van der Waals surface area contributed by atoms with Crippen LogP contribution in [0.2, 0.25) is 0 Å². The third-order valence-electron chi connectivity index (χ3n) is 4.68. The van der Waals surface area contributed by atoms with E-state index in [-0.39, 0.29) is 11.8 Å². The Bertz CT molecular complexity index is 914. The Morgan fingerprint density at radius 2 is 2.12 bits per heavy atom. The van der Waals surface area contributed by atoms with Crippen LogP contribution in [0.4, 0.5) is 0 Å². The van der Waals surface area contributed by atoms with E-state index in [1.807, 2.05) is 11.8 Å². The highest BCUT2D eigenvalue weighted by Gasteiger charge is 2.33. The second-order valence-corrected chi connectivity index (χ2v) is 6.27. The molecule has 0 bridgehead atoms. The molecule has 4 rings (SSSR count). The van der Waals surface area contributed by atoms with Crippen molar-refractivity contribution in [1.29, 1.82) is 0 Å². The number of nitrogens with zero attached hydrogens (tertiary/aromatic N) is 4. The van der Waals surface area contributed by atoms with Crippen molar-refractivity contribution in [3.05, 3.63) is 58.9 Å². The number of carbonyl (C=O) groups is 1. The minimum atomic E-state index is -0.125. The van der Waals surface area contributed by atoms with Gasteiger partial charge in [-0.15, -0.1) is 0 Å². The molecule has 0 aliphatic carbocycles. The fraction of sp³-hybridized carbons (Fsp3) is 0.333. The number of rotatable bonds is 4. The molecular weight excluding hydrogens is 332 g/mol. The van der Waals surface area contributed by atoms with Gasteiger partial charge in [0.1, 0.15) is 11.6 Å². The molecule has 0 spiro atoms. The van der Waals surface area contributed by atoms with E-state index >= 15 is 0 Å². The highest BCUT2D eigenvalue weighted by molar-refractivity contribution is 5.94. The molecule has 0 saturated heterocycles. The monoisotopic (exact) mass is 352 g/mol. The fourth-order valence-corrected chi connectivity index (χ4v) is 3.24. The van der Waals surface area contributed by atoms with Crippen molar-refractivity contribution < 1.29 is 9.53 Å². The third-order valence-corrected chi connectivity index (χ3v) is 4.68. The number of nitrogens with one attached hydrogen (secondary N) is 2. The molecule has 0 fully saturated rings. The Kier molecular flexibility index (Phi) is 4.16. The molecule has 0 radical (unpaired) electrons. The van der Waals surface area contributed by atoms with Gasteiger partial charge in [-0.05, 0) is 24.3 Å². The number of fused-ring (bicyclic) bond motifs is 1. The van der Waals surface area contributed by atoms with Crippen LogP contribution in [0.25, 0.3) is 0 Å². The smallest absolute Gasteiger partial charge is 0.254 e. The first-order valence-corrected chi connectivity index (χ1v) is 8.56. The van der Waals surface area contributed by atoms with Crippen molar-refractivity contribution in [3.63, 3.8) is 0 Å². The Morgan fingerprint density at radius 1 is 1.31 bits per heavy atom. The van der Waals surface area contributed by atoms with E-state index in [2.05, 4.69) is 25.4 Å². The Hall–Kier alpha value is -3.16. The van der Waals surface area contributed by atoms with Gasteiger partial charge in [-0.2, -0.15) is 10.2 Å². The lowest BCUT2D eigenvalue weighted by Gasteiger charge is -2.31. The summed E-state index contributed by atoms with van der Waals surface area (Å²) in [6.07, 6.45) is 2.55. The first-order valence-electron chi connectivity index (χ1n) is 8.56. The van der Waals surface area contributed by atoms with Gasteiger partial charge in [-0.3, -0.25) is 15.0 Å². The molecule has 8 heteroatoms. The van der Waals surface area contributed by atoms with E-state index in [4.69, 9.17) is 4.74 Å². The van der Waals surface area contributed by atoms with Gasteiger partial charge in [0.15, 0.2) is 5.82 Å². The van der Waals surface area contributed by atoms with Crippen LogP contribution in [0.15, 0.2) is 30.5 Å². The summed E-state index contributed by atoms with van der Waals surface area (Å²) in [5.74, 6) is 2.08. The topological polar surface area (TPSA) is 99.8 Å². The van der Waals surface area contributed by atoms with E-state index in [1.165, 1.54) is 0 Å². The van der Waals surface area contributed by atoms with Crippen LogP contribution >= 0.6 is 0 Å². The average Bonchev–Trinajstić information content (AvgIpc) is 3.35. The van der Waals surface area contributed by atoms with Crippen molar-refractivity contribution in [2.45, 2.75) is 25.8 Å². The van der Waals surface area contributed by atoms with E-state index < -0.39 is 0 Å². The first-order chi connectivity index (χ1) is 12.7. The number of ether oxygens (including phenoxy) is 1. The predicted molar refractivity (Wildman–Crippen MR) is 93.9 cm³/mol. The van der Waals surface area contributed by atoms with Crippen LogP contribution in [0.1, 0.15) is 46.1 Å². The Balaban J connectivity index is 1.63.